The maximum absolute atomic E-state index is 11.5. The van der Waals surface area contributed by atoms with Gasteiger partial charge in [0.1, 0.15) is 17.1 Å². The van der Waals surface area contributed by atoms with Gasteiger partial charge in [0.05, 0.1) is 27.9 Å². The van der Waals surface area contributed by atoms with Gasteiger partial charge in [-0.1, -0.05) is 48.5 Å². The standard InChI is InChI=1S/C13H12O3.C12H12O2/c1-15-12-8-10-6-4-3-5-9(10)7-11(12)13(14)16-2;1-14-12-7-10-5-3-2-4-9(10)6-11(12)8-13/h3-8H,1-2H3;2-7,13H,8H2,1H3. The van der Waals surface area contributed by atoms with E-state index >= 15 is 0 Å². The molecular formula is C25H24O5. The van der Waals surface area contributed by atoms with Gasteiger partial charge in [-0.2, -0.15) is 0 Å². The largest absolute Gasteiger partial charge is 0.496 e. The third-order valence-electron chi connectivity index (χ3n) is 4.79. The molecule has 0 saturated carbocycles. The maximum Gasteiger partial charge on any atom is 0.341 e. The summed E-state index contributed by atoms with van der Waals surface area (Å²) in [5.74, 6) is 0.888. The number of hydrogen-bond donors (Lipinski definition) is 1. The van der Waals surface area contributed by atoms with Crippen LogP contribution in [0.4, 0.5) is 0 Å². The van der Waals surface area contributed by atoms with Gasteiger partial charge in [-0.05, 0) is 45.8 Å². The van der Waals surface area contributed by atoms with E-state index in [0.29, 0.717) is 11.3 Å². The Morgan fingerprint density at radius 1 is 0.733 bits per heavy atom. The van der Waals surface area contributed by atoms with Crippen molar-refractivity contribution >= 4 is 27.5 Å². The number of aliphatic hydroxyl groups excluding tert-OH is 1. The van der Waals surface area contributed by atoms with Crippen molar-refractivity contribution in [1.82, 2.24) is 0 Å². The summed E-state index contributed by atoms with van der Waals surface area (Å²) in [6, 6.07) is 23.3. The molecule has 5 heteroatoms. The molecular weight excluding hydrogens is 380 g/mol. The van der Waals surface area contributed by atoms with E-state index in [-0.39, 0.29) is 12.6 Å². The molecule has 30 heavy (non-hydrogen) atoms. The second-order valence-corrected chi connectivity index (χ2v) is 6.56. The zero-order chi connectivity index (χ0) is 21.5. The quantitative estimate of drug-likeness (QED) is 0.486. The summed E-state index contributed by atoms with van der Waals surface area (Å²) in [4.78, 5) is 11.5. The van der Waals surface area contributed by atoms with Crippen molar-refractivity contribution in [2.75, 3.05) is 21.3 Å². The predicted molar refractivity (Wildman–Crippen MR) is 118 cm³/mol. The van der Waals surface area contributed by atoms with Crippen molar-refractivity contribution in [2.45, 2.75) is 6.61 Å². The first-order valence-corrected chi connectivity index (χ1v) is 9.43. The third kappa shape index (κ3) is 4.53. The molecule has 154 valence electrons. The summed E-state index contributed by atoms with van der Waals surface area (Å²) in [5, 5.41) is 13.4. The van der Waals surface area contributed by atoms with Crippen LogP contribution >= 0.6 is 0 Å². The lowest BCUT2D eigenvalue weighted by Gasteiger charge is -2.08. The Hall–Kier alpha value is -3.57. The van der Waals surface area contributed by atoms with Crippen molar-refractivity contribution in [3.63, 3.8) is 0 Å². The van der Waals surface area contributed by atoms with E-state index < -0.39 is 0 Å². The first kappa shape index (κ1) is 21.1. The monoisotopic (exact) mass is 404 g/mol. The zero-order valence-corrected chi connectivity index (χ0v) is 17.2. The Morgan fingerprint density at radius 2 is 1.20 bits per heavy atom. The van der Waals surface area contributed by atoms with Crippen LogP contribution in [-0.4, -0.2) is 32.4 Å². The fourth-order valence-corrected chi connectivity index (χ4v) is 3.24. The minimum Gasteiger partial charge on any atom is -0.496 e. The Morgan fingerprint density at radius 3 is 1.67 bits per heavy atom. The molecule has 5 nitrogen and oxygen atoms in total. The van der Waals surface area contributed by atoms with Gasteiger partial charge in [-0.25, -0.2) is 4.79 Å². The maximum atomic E-state index is 11.5. The fourth-order valence-electron chi connectivity index (χ4n) is 3.24. The van der Waals surface area contributed by atoms with E-state index in [4.69, 9.17) is 19.3 Å². The molecule has 0 aliphatic carbocycles. The predicted octanol–water partition coefficient (Wildman–Crippen LogP) is 4.98. The topological polar surface area (TPSA) is 65.0 Å². The number of carbonyl (C=O) groups is 1. The summed E-state index contributed by atoms with van der Waals surface area (Å²) in [7, 11) is 4.51. The molecule has 4 rings (SSSR count). The molecule has 4 aromatic rings. The van der Waals surface area contributed by atoms with E-state index in [2.05, 4.69) is 0 Å². The zero-order valence-electron chi connectivity index (χ0n) is 17.2. The lowest BCUT2D eigenvalue weighted by Crippen LogP contribution is -2.03. The third-order valence-corrected chi connectivity index (χ3v) is 4.79. The van der Waals surface area contributed by atoms with Gasteiger partial charge < -0.3 is 19.3 Å². The molecule has 1 N–H and O–H groups in total. The molecule has 0 aromatic heterocycles. The minimum absolute atomic E-state index is 0.00794. The molecule has 0 atom stereocenters. The van der Waals surface area contributed by atoms with Crippen LogP contribution in [0.1, 0.15) is 15.9 Å². The molecule has 0 unspecified atom stereocenters. The van der Waals surface area contributed by atoms with E-state index in [0.717, 1.165) is 32.9 Å². The van der Waals surface area contributed by atoms with Crippen LogP contribution in [0.15, 0.2) is 72.8 Å². The molecule has 4 aromatic carbocycles. The molecule has 0 aliphatic rings. The van der Waals surface area contributed by atoms with Crippen molar-refractivity contribution < 1.29 is 24.1 Å². The second-order valence-electron chi connectivity index (χ2n) is 6.56. The van der Waals surface area contributed by atoms with Crippen LogP contribution in [0.2, 0.25) is 0 Å². The Balaban J connectivity index is 0.000000172. The van der Waals surface area contributed by atoms with E-state index in [1.54, 1.807) is 13.2 Å². The molecule has 0 bridgehead atoms. The molecule has 0 spiro atoms. The van der Waals surface area contributed by atoms with Crippen LogP contribution in [0, 0.1) is 0 Å². The van der Waals surface area contributed by atoms with E-state index in [1.807, 2.05) is 66.7 Å². The molecule has 0 aliphatic heterocycles. The van der Waals surface area contributed by atoms with Gasteiger partial charge in [-0.15, -0.1) is 0 Å². The van der Waals surface area contributed by atoms with Gasteiger partial charge in [0.2, 0.25) is 0 Å². The summed E-state index contributed by atoms with van der Waals surface area (Å²) < 4.78 is 15.1. The first-order valence-electron chi connectivity index (χ1n) is 9.43. The van der Waals surface area contributed by atoms with Crippen LogP contribution in [0.25, 0.3) is 21.5 Å². The number of rotatable bonds is 4. The van der Waals surface area contributed by atoms with Gasteiger partial charge in [-0.3, -0.25) is 0 Å². The number of aliphatic hydroxyl groups is 1. The van der Waals surface area contributed by atoms with E-state index in [9.17, 15) is 4.79 Å². The summed E-state index contributed by atoms with van der Waals surface area (Å²) in [5.41, 5.74) is 1.27. The number of benzene rings is 4. The summed E-state index contributed by atoms with van der Waals surface area (Å²) >= 11 is 0. The van der Waals surface area contributed by atoms with Gasteiger partial charge in [0.25, 0.3) is 0 Å². The minimum atomic E-state index is -0.386. The van der Waals surface area contributed by atoms with Crippen molar-refractivity contribution in [2.24, 2.45) is 0 Å². The highest BCUT2D eigenvalue weighted by Crippen LogP contribution is 2.27. The smallest absolute Gasteiger partial charge is 0.341 e. The number of carbonyl (C=O) groups excluding carboxylic acids is 1. The molecule has 0 saturated heterocycles. The van der Waals surface area contributed by atoms with Crippen molar-refractivity contribution in [3.05, 3.63) is 83.9 Å². The molecule has 0 radical (unpaired) electrons. The average molecular weight is 404 g/mol. The summed E-state index contributed by atoms with van der Waals surface area (Å²) in [6.45, 7) is 0.00794. The second kappa shape index (κ2) is 9.76. The number of hydrogen-bond acceptors (Lipinski definition) is 5. The van der Waals surface area contributed by atoms with Crippen molar-refractivity contribution in [1.29, 1.82) is 0 Å². The van der Waals surface area contributed by atoms with Crippen LogP contribution in [0.3, 0.4) is 0 Å². The Labute approximate surface area is 175 Å². The highest BCUT2D eigenvalue weighted by molar-refractivity contribution is 5.98. The van der Waals surface area contributed by atoms with Crippen LogP contribution < -0.4 is 9.47 Å². The highest BCUT2D eigenvalue weighted by Gasteiger charge is 2.13. The lowest BCUT2D eigenvalue weighted by molar-refractivity contribution is 0.0597. The number of fused-ring (bicyclic) bond motifs is 2. The van der Waals surface area contributed by atoms with Gasteiger partial charge >= 0.3 is 5.97 Å². The fraction of sp³-hybridized carbons (Fsp3) is 0.160. The average Bonchev–Trinajstić information content (AvgIpc) is 2.82. The Bertz CT molecular complexity index is 1120. The first-order chi connectivity index (χ1) is 14.6. The van der Waals surface area contributed by atoms with E-state index in [1.165, 1.54) is 14.2 Å². The normalized spacial score (nSPS) is 10.3. The Kier molecular flexibility index (Phi) is 6.88. The van der Waals surface area contributed by atoms with Crippen LogP contribution in [0.5, 0.6) is 11.5 Å². The summed E-state index contributed by atoms with van der Waals surface area (Å²) in [6.07, 6.45) is 0. The number of esters is 1. The van der Waals surface area contributed by atoms with Gasteiger partial charge in [0.15, 0.2) is 0 Å². The SMILES string of the molecule is COC(=O)c1cc2ccccc2cc1OC.COc1cc2ccccc2cc1CO. The lowest BCUT2D eigenvalue weighted by atomic mass is 10.1. The van der Waals surface area contributed by atoms with Crippen LogP contribution in [-0.2, 0) is 11.3 Å². The number of ether oxygens (including phenoxy) is 3. The molecule has 0 heterocycles. The number of methoxy groups -OCH3 is 3. The highest BCUT2D eigenvalue weighted by atomic mass is 16.5. The molecule has 0 fully saturated rings. The molecule has 0 amide bonds. The van der Waals surface area contributed by atoms with Gasteiger partial charge in [0, 0.05) is 5.56 Å². The van der Waals surface area contributed by atoms with Crippen molar-refractivity contribution in [3.8, 4) is 11.5 Å².